The molecule has 1 fully saturated rings. The third kappa shape index (κ3) is 3.85. The molecule has 3 aromatic rings. The molecule has 1 N–H and O–H groups in total. The number of ether oxygens (including phenoxy) is 2. The summed E-state index contributed by atoms with van der Waals surface area (Å²) in [5, 5.41) is 13.0. The predicted octanol–water partition coefficient (Wildman–Crippen LogP) is 4.53. The first-order valence-electron chi connectivity index (χ1n) is 9.73. The van der Waals surface area contributed by atoms with E-state index >= 15 is 0 Å². The lowest BCUT2D eigenvalue weighted by Crippen LogP contribution is -2.28. The van der Waals surface area contributed by atoms with Crippen molar-refractivity contribution in [2.45, 2.75) is 12.6 Å². The zero-order valence-corrected chi connectivity index (χ0v) is 18.2. The van der Waals surface area contributed by atoms with Gasteiger partial charge in [0.2, 0.25) is 0 Å². The maximum Gasteiger partial charge on any atom is 0.295 e. The molecule has 0 spiro atoms. The molecule has 1 aromatic heterocycles. The van der Waals surface area contributed by atoms with Crippen molar-refractivity contribution in [3.8, 4) is 11.5 Å². The molecule has 1 amide bonds. The number of aliphatic hydroxyl groups excluding tert-OH is 1. The summed E-state index contributed by atoms with van der Waals surface area (Å²) >= 11 is 1.45. The molecule has 1 unspecified atom stereocenters. The van der Waals surface area contributed by atoms with Crippen LogP contribution in [0.15, 0.2) is 65.6 Å². The summed E-state index contributed by atoms with van der Waals surface area (Å²) in [6.45, 7) is 0.187. The molecule has 2 heterocycles. The Labute approximate surface area is 188 Å². The molecule has 8 heteroatoms. The second-order valence-corrected chi connectivity index (χ2v) is 8.16. The second kappa shape index (κ2) is 8.84. The van der Waals surface area contributed by atoms with Crippen LogP contribution < -0.4 is 9.47 Å². The summed E-state index contributed by atoms with van der Waals surface area (Å²) in [5.41, 5.74) is 0.749. The first-order chi connectivity index (χ1) is 15.4. The van der Waals surface area contributed by atoms with Gasteiger partial charge in [0.15, 0.2) is 11.5 Å². The maximum atomic E-state index is 13.6. The van der Waals surface area contributed by atoms with Crippen molar-refractivity contribution < 1.29 is 28.6 Å². The molecular weight excluding hydrogens is 433 g/mol. The highest BCUT2D eigenvalue weighted by atomic mass is 32.1. The fourth-order valence-electron chi connectivity index (χ4n) is 3.74. The zero-order chi connectivity index (χ0) is 22.8. The number of ketones is 1. The van der Waals surface area contributed by atoms with Crippen LogP contribution in [0, 0.1) is 5.82 Å². The van der Waals surface area contributed by atoms with Crippen molar-refractivity contribution in [3.05, 3.63) is 87.4 Å². The normalized spacial score (nSPS) is 17.6. The molecule has 0 radical (unpaired) electrons. The molecule has 164 valence electrons. The van der Waals surface area contributed by atoms with Crippen LogP contribution in [0.3, 0.4) is 0 Å². The van der Waals surface area contributed by atoms with Gasteiger partial charge < -0.3 is 19.5 Å². The Kier molecular flexibility index (Phi) is 5.96. The molecular formula is C24H20FNO5S. The van der Waals surface area contributed by atoms with Crippen molar-refractivity contribution in [1.29, 1.82) is 0 Å². The summed E-state index contributed by atoms with van der Waals surface area (Å²) in [6.07, 6.45) is 0. The molecule has 2 aromatic carbocycles. The molecule has 6 nitrogen and oxygen atoms in total. The van der Waals surface area contributed by atoms with E-state index in [4.69, 9.17) is 9.47 Å². The summed E-state index contributed by atoms with van der Waals surface area (Å²) in [5.74, 6) is -1.49. The molecule has 0 saturated carbocycles. The lowest BCUT2D eigenvalue weighted by Gasteiger charge is -2.25. The van der Waals surface area contributed by atoms with E-state index in [0.717, 1.165) is 4.88 Å². The van der Waals surface area contributed by atoms with Crippen LogP contribution in [0.1, 0.15) is 22.0 Å². The van der Waals surface area contributed by atoms with Crippen LogP contribution in [-0.2, 0) is 16.1 Å². The van der Waals surface area contributed by atoms with E-state index in [1.807, 2.05) is 17.5 Å². The van der Waals surface area contributed by atoms with Gasteiger partial charge in [-0.3, -0.25) is 9.59 Å². The van der Waals surface area contributed by atoms with Gasteiger partial charge in [-0.15, -0.1) is 11.3 Å². The lowest BCUT2D eigenvalue weighted by atomic mass is 9.95. The van der Waals surface area contributed by atoms with Crippen LogP contribution in [0.2, 0.25) is 0 Å². The van der Waals surface area contributed by atoms with Gasteiger partial charge in [0.1, 0.15) is 11.6 Å². The van der Waals surface area contributed by atoms with Crippen molar-refractivity contribution >= 4 is 28.8 Å². The van der Waals surface area contributed by atoms with Crippen LogP contribution in [-0.4, -0.2) is 35.9 Å². The zero-order valence-electron chi connectivity index (χ0n) is 17.4. The van der Waals surface area contributed by atoms with Gasteiger partial charge in [0.05, 0.1) is 32.4 Å². The van der Waals surface area contributed by atoms with Gasteiger partial charge in [0.25, 0.3) is 11.7 Å². The summed E-state index contributed by atoms with van der Waals surface area (Å²) in [4.78, 5) is 28.3. The number of carbonyl (C=O) groups is 2. The van der Waals surface area contributed by atoms with Crippen LogP contribution in [0.5, 0.6) is 11.5 Å². The van der Waals surface area contributed by atoms with Gasteiger partial charge in [-0.2, -0.15) is 0 Å². The largest absolute Gasteiger partial charge is 0.507 e. The number of benzene rings is 2. The fraction of sp³-hybridized carbons (Fsp3) is 0.167. The molecule has 0 bridgehead atoms. The summed E-state index contributed by atoms with van der Waals surface area (Å²) in [7, 11) is 2.95. The van der Waals surface area contributed by atoms with E-state index in [2.05, 4.69) is 0 Å². The Bertz CT molecular complexity index is 1190. The average molecular weight is 453 g/mol. The van der Waals surface area contributed by atoms with E-state index in [1.165, 1.54) is 60.8 Å². The predicted molar refractivity (Wildman–Crippen MR) is 118 cm³/mol. The van der Waals surface area contributed by atoms with Crippen molar-refractivity contribution in [2.24, 2.45) is 0 Å². The van der Waals surface area contributed by atoms with Crippen molar-refractivity contribution in [2.75, 3.05) is 14.2 Å². The first-order valence-corrected chi connectivity index (χ1v) is 10.6. The third-order valence-corrected chi connectivity index (χ3v) is 6.15. The standard InChI is InChI=1S/C24H20FNO5S/c1-30-18-10-7-15(12-19(18)31-2)22(27)20-21(14-5-8-16(25)9-6-14)26(24(29)23(20)28)13-17-4-3-11-32-17/h3-12,21,27H,13H2,1-2H3/b22-20-. The Morgan fingerprint density at radius 1 is 1.06 bits per heavy atom. The fourth-order valence-corrected chi connectivity index (χ4v) is 4.45. The third-order valence-electron chi connectivity index (χ3n) is 5.29. The van der Waals surface area contributed by atoms with E-state index in [-0.39, 0.29) is 17.9 Å². The molecule has 1 aliphatic rings. The average Bonchev–Trinajstić information content (AvgIpc) is 3.41. The molecule has 4 rings (SSSR count). The number of aliphatic hydroxyl groups is 1. The minimum absolute atomic E-state index is 0.0645. The number of methoxy groups -OCH3 is 2. The highest BCUT2D eigenvalue weighted by molar-refractivity contribution is 7.09. The Morgan fingerprint density at radius 3 is 2.41 bits per heavy atom. The number of nitrogens with zero attached hydrogens (tertiary/aromatic N) is 1. The summed E-state index contributed by atoms with van der Waals surface area (Å²) < 4.78 is 24.1. The number of thiophene rings is 1. The number of carbonyl (C=O) groups excluding carboxylic acids is 2. The topological polar surface area (TPSA) is 76.1 Å². The Hall–Kier alpha value is -3.65. The van der Waals surface area contributed by atoms with Crippen LogP contribution in [0.4, 0.5) is 4.39 Å². The number of likely N-dealkylation sites (tertiary alicyclic amines) is 1. The minimum atomic E-state index is -0.870. The number of Topliss-reactive ketones (excluding diaryl/α,β-unsaturated/α-hetero) is 1. The highest BCUT2D eigenvalue weighted by Crippen LogP contribution is 2.41. The molecule has 1 aliphatic heterocycles. The number of hydrogen-bond donors (Lipinski definition) is 1. The molecule has 1 atom stereocenters. The number of hydrogen-bond acceptors (Lipinski definition) is 6. The summed E-state index contributed by atoms with van der Waals surface area (Å²) in [6, 6.07) is 13.1. The molecule has 0 aliphatic carbocycles. The maximum absolute atomic E-state index is 13.6. The number of amides is 1. The van der Waals surface area contributed by atoms with E-state index < -0.39 is 23.5 Å². The Balaban J connectivity index is 1.87. The number of rotatable bonds is 6. The Morgan fingerprint density at radius 2 is 1.78 bits per heavy atom. The minimum Gasteiger partial charge on any atom is -0.507 e. The highest BCUT2D eigenvalue weighted by Gasteiger charge is 2.46. The van der Waals surface area contributed by atoms with Crippen LogP contribution in [0.25, 0.3) is 5.76 Å². The van der Waals surface area contributed by atoms with Crippen molar-refractivity contribution in [3.63, 3.8) is 0 Å². The van der Waals surface area contributed by atoms with E-state index in [9.17, 15) is 19.1 Å². The van der Waals surface area contributed by atoms with Gasteiger partial charge in [-0.05, 0) is 47.3 Å². The van der Waals surface area contributed by atoms with Gasteiger partial charge in [0, 0.05) is 10.4 Å². The second-order valence-electron chi connectivity index (χ2n) is 7.13. The lowest BCUT2D eigenvalue weighted by molar-refractivity contribution is -0.140. The van der Waals surface area contributed by atoms with Crippen LogP contribution >= 0.6 is 11.3 Å². The first kappa shape index (κ1) is 21.6. The van der Waals surface area contributed by atoms with Gasteiger partial charge in [-0.1, -0.05) is 18.2 Å². The monoisotopic (exact) mass is 453 g/mol. The SMILES string of the molecule is COc1ccc(/C(O)=C2/C(=O)C(=O)N(Cc3cccs3)C2c2ccc(F)cc2)cc1OC. The quantitative estimate of drug-likeness (QED) is 0.337. The van der Waals surface area contributed by atoms with Crippen molar-refractivity contribution in [1.82, 2.24) is 4.90 Å². The van der Waals surface area contributed by atoms with E-state index in [1.54, 1.807) is 12.1 Å². The molecule has 32 heavy (non-hydrogen) atoms. The molecule has 1 saturated heterocycles. The van der Waals surface area contributed by atoms with E-state index in [0.29, 0.717) is 22.6 Å². The van der Waals surface area contributed by atoms with Gasteiger partial charge >= 0.3 is 0 Å². The number of halogens is 1. The van der Waals surface area contributed by atoms with Gasteiger partial charge in [-0.25, -0.2) is 4.39 Å². The smallest absolute Gasteiger partial charge is 0.295 e.